The van der Waals surface area contributed by atoms with Gasteiger partial charge in [-0.05, 0) is 112 Å². The van der Waals surface area contributed by atoms with Crippen LogP contribution in [0.3, 0.4) is 0 Å². The van der Waals surface area contributed by atoms with Gasteiger partial charge in [0.05, 0.1) is 16.1 Å². The Kier molecular flexibility index (Phi) is 9.10. The fourth-order valence-electron chi connectivity index (χ4n) is 8.51. The first-order valence-electron chi connectivity index (χ1n) is 20.3. The van der Waals surface area contributed by atoms with Gasteiger partial charge in [0, 0.05) is 38.7 Å². The number of fused-ring (bicyclic) bond motifs is 4. The predicted molar refractivity (Wildman–Crippen MR) is 253 cm³/mol. The summed E-state index contributed by atoms with van der Waals surface area (Å²) in [5.74, 6) is 1.15. The average molecular weight is 786 g/mol. The standard InChI is InChI=1S/C56H39N3S/c1-4-16-40(17-5-1)42-30-34-47(35-31-42)57(48-36-32-43(33-37-48)41-18-6-2-7-19-41)49-24-14-20-44(38-49)45-21-15-25-50(39-45)59-53-28-12-13-29-54(53)60-55-51-26-10-11-27-52(51)58(56(55)59)46-22-8-3-9-23-46/h1-39H. The van der Waals surface area contributed by atoms with Gasteiger partial charge in [-0.25, -0.2) is 0 Å². The molecule has 0 saturated heterocycles. The lowest BCUT2D eigenvalue weighted by molar-refractivity contribution is 1.03. The fraction of sp³-hybridized carbons (Fsp3) is 0. The SMILES string of the molecule is c1ccc(-c2ccc(N(c3ccc(-c4ccccc4)cc3)c3cccc(-c4cccc(N5c6ccccc6Sc6c5n(-c5ccccc5)c5ccccc65)c4)c3)cc2)cc1. The molecule has 0 bridgehead atoms. The van der Waals surface area contributed by atoms with Crippen LogP contribution in [0.2, 0.25) is 0 Å². The molecule has 0 N–H and O–H groups in total. The third kappa shape index (κ3) is 6.44. The van der Waals surface area contributed by atoms with E-state index < -0.39 is 0 Å². The van der Waals surface area contributed by atoms with E-state index in [0.717, 1.165) is 45.4 Å². The van der Waals surface area contributed by atoms with Crippen LogP contribution in [-0.2, 0) is 0 Å². The lowest BCUT2D eigenvalue weighted by Crippen LogP contribution is -2.17. The van der Waals surface area contributed by atoms with Crippen LogP contribution in [0.4, 0.5) is 34.3 Å². The zero-order valence-electron chi connectivity index (χ0n) is 32.8. The first kappa shape index (κ1) is 35.6. The molecule has 60 heavy (non-hydrogen) atoms. The van der Waals surface area contributed by atoms with Crippen molar-refractivity contribution in [3.63, 3.8) is 0 Å². The van der Waals surface area contributed by atoms with E-state index >= 15 is 0 Å². The number of aromatic nitrogens is 1. The van der Waals surface area contributed by atoms with E-state index in [1.165, 1.54) is 48.6 Å². The normalized spacial score (nSPS) is 11.9. The van der Waals surface area contributed by atoms with Crippen LogP contribution in [0, 0.1) is 0 Å². The van der Waals surface area contributed by atoms with Gasteiger partial charge in [0.2, 0.25) is 0 Å². The molecule has 2 heterocycles. The number of para-hydroxylation sites is 3. The quantitative estimate of drug-likeness (QED) is 0.152. The Morgan fingerprint density at radius 2 is 0.850 bits per heavy atom. The van der Waals surface area contributed by atoms with Crippen LogP contribution in [0.25, 0.3) is 50.0 Å². The molecule has 10 aromatic rings. The van der Waals surface area contributed by atoms with Gasteiger partial charge >= 0.3 is 0 Å². The van der Waals surface area contributed by atoms with Crippen LogP contribution in [0.15, 0.2) is 246 Å². The maximum atomic E-state index is 2.45. The smallest absolute Gasteiger partial charge is 0.137 e. The number of hydrogen-bond acceptors (Lipinski definition) is 3. The number of rotatable bonds is 8. The monoisotopic (exact) mass is 785 g/mol. The molecule has 0 unspecified atom stereocenters. The van der Waals surface area contributed by atoms with Gasteiger partial charge in [-0.2, -0.15) is 0 Å². The molecule has 11 rings (SSSR count). The van der Waals surface area contributed by atoms with Crippen molar-refractivity contribution in [3.8, 4) is 39.1 Å². The third-order valence-corrected chi connectivity index (χ3v) is 12.5. The summed E-state index contributed by atoms with van der Waals surface area (Å²) in [6.45, 7) is 0. The second-order valence-corrected chi connectivity index (χ2v) is 16.1. The van der Waals surface area contributed by atoms with Crippen molar-refractivity contribution < 1.29 is 0 Å². The molecule has 0 radical (unpaired) electrons. The zero-order chi connectivity index (χ0) is 39.8. The van der Waals surface area contributed by atoms with Crippen molar-refractivity contribution in [1.29, 1.82) is 0 Å². The highest BCUT2D eigenvalue weighted by Crippen LogP contribution is 2.56. The highest BCUT2D eigenvalue weighted by Gasteiger charge is 2.32. The maximum absolute atomic E-state index is 2.45. The molecule has 3 nitrogen and oxygen atoms in total. The Labute approximate surface area is 355 Å². The lowest BCUT2D eigenvalue weighted by atomic mass is 10.0. The first-order valence-corrected chi connectivity index (χ1v) is 21.2. The number of anilines is 6. The minimum absolute atomic E-state index is 1.09. The van der Waals surface area contributed by atoms with Gasteiger partial charge < -0.3 is 4.90 Å². The summed E-state index contributed by atoms with van der Waals surface area (Å²) < 4.78 is 2.42. The van der Waals surface area contributed by atoms with Crippen molar-refractivity contribution in [2.45, 2.75) is 9.79 Å². The highest BCUT2D eigenvalue weighted by molar-refractivity contribution is 8.00. The molecule has 0 saturated carbocycles. The van der Waals surface area contributed by atoms with Crippen molar-refractivity contribution in [2.24, 2.45) is 0 Å². The summed E-state index contributed by atoms with van der Waals surface area (Å²) in [6.07, 6.45) is 0. The van der Waals surface area contributed by atoms with Crippen LogP contribution in [0.1, 0.15) is 0 Å². The Hall–Kier alpha value is -7.53. The summed E-state index contributed by atoms with van der Waals surface area (Å²) in [4.78, 5) is 7.31. The largest absolute Gasteiger partial charge is 0.310 e. The van der Waals surface area contributed by atoms with Gasteiger partial charge in [-0.15, -0.1) is 0 Å². The van der Waals surface area contributed by atoms with Gasteiger partial charge in [0.15, 0.2) is 0 Å². The zero-order valence-corrected chi connectivity index (χ0v) is 33.6. The first-order chi connectivity index (χ1) is 29.8. The van der Waals surface area contributed by atoms with Crippen LogP contribution >= 0.6 is 11.8 Å². The highest BCUT2D eigenvalue weighted by atomic mass is 32.2. The van der Waals surface area contributed by atoms with Crippen LogP contribution in [-0.4, -0.2) is 4.57 Å². The molecule has 0 spiro atoms. The molecule has 1 aliphatic heterocycles. The van der Waals surface area contributed by atoms with E-state index in [2.05, 4.69) is 251 Å². The second kappa shape index (κ2) is 15.3. The van der Waals surface area contributed by atoms with E-state index in [4.69, 9.17) is 0 Å². The third-order valence-electron chi connectivity index (χ3n) is 11.4. The predicted octanol–water partition coefficient (Wildman–Crippen LogP) is 16.0. The maximum Gasteiger partial charge on any atom is 0.137 e. The van der Waals surface area contributed by atoms with E-state index in [9.17, 15) is 0 Å². The summed E-state index contributed by atoms with van der Waals surface area (Å²) >= 11 is 1.86. The Bertz CT molecular complexity index is 3020. The molecular formula is C56H39N3S. The van der Waals surface area contributed by atoms with Gasteiger partial charge in [0.25, 0.3) is 0 Å². The van der Waals surface area contributed by atoms with Crippen molar-refractivity contribution >= 4 is 56.9 Å². The second-order valence-electron chi connectivity index (χ2n) is 15.0. The summed E-state index contributed by atoms with van der Waals surface area (Å²) in [5.41, 5.74) is 15.0. The van der Waals surface area contributed by atoms with E-state index in [1.54, 1.807) is 0 Å². The Balaban J connectivity index is 1.03. The molecule has 0 amide bonds. The molecule has 4 heteroatoms. The lowest BCUT2D eigenvalue weighted by Gasteiger charge is -2.33. The van der Waals surface area contributed by atoms with E-state index in [0.29, 0.717) is 0 Å². The molecule has 0 fully saturated rings. The number of nitrogens with zero attached hydrogens (tertiary/aromatic N) is 3. The number of hydrogen-bond donors (Lipinski definition) is 0. The Morgan fingerprint density at radius 1 is 0.350 bits per heavy atom. The van der Waals surface area contributed by atoms with Crippen LogP contribution < -0.4 is 9.80 Å². The molecule has 284 valence electrons. The summed E-state index contributed by atoms with van der Waals surface area (Å²) in [6, 6.07) is 85.2. The molecule has 9 aromatic carbocycles. The molecule has 1 aliphatic rings. The summed E-state index contributed by atoms with van der Waals surface area (Å²) in [7, 11) is 0. The fourth-order valence-corrected chi connectivity index (χ4v) is 9.70. The van der Waals surface area contributed by atoms with E-state index in [-0.39, 0.29) is 0 Å². The average Bonchev–Trinajstić information content (AvgIpc) is 3.66. The summed E-state index contributed by atoms with van der Waals surface area (Å²) in [5, 5.41) is 1.25. The molecule has 1 aromatic heterocycles. The minimum atomic E-state index is 1.09. The van der Waals surface area contributed by atoms with Gasteiger partial charge in [-0.1, -0.05) is 169 Å². The Morgan fingerprint density at radius 3 is 1.52 bits per heavy atom. The molecule has 0 aliphatic carbocycles. The number of benzene rings is 9. The topological polar surface area (TPSA) is 11.4 Å². The van der Waals surface area contributed by atoms with Gasteiger partial charge in [0.1, 0.15) is 5.82 Å². The van der Waals surface area contributed by atoms with Crippen molar-refractivity contribution in [1.82, 2.24) is 4.57 Å². The molecular weight excluding hydrogens is 747 g/mol. The minimum Gasteiger partial charge on any atom is -0.310 e. The molecule has 0 atom stereocenters. The van der Waals surface area contributed by atoms with Gasteiger partial charge in [-0.3, -0.25) is 9.47 Å². The van der Waals surface area contributed by atoms with E-state index in [1.807, 2.05) is 11.8 Å². The van der Waals surface area contributed by atoms with Crippen LogP contribution in [0.5, 0.6) is 0 Å². The van der Waals surface area contributed by atoms with Crippen molar-refractivity contribution in [3.05, 3.63) is 237 Å². The van der Waals surface area contributed by atoms with Crippen molar-refractivity contribution in [2.75, 3.05) is 9.80 Å².